The van der Waals surface area contributed by atoms with Gasteiger partial charge in [-0.2, -0.15) is 0 Å². The van der Waals surface area contributed by atoms with Gasteiger partial charge in [0.1, 0.15) is 23.2 Å². The monoisotopic (exact) mass is 706 g/mol. The first-order valence-electron chi connectivity index (χ1n) is 17.2. The van der Waals surface area contributed by atoms with Gasteiger partial charge >= 0.3 is 12.2 Å². The van der Waals surface area contributed by atoms with Crippen LogP contribution in [0.4, 0.5) is 15.3 Å². The maximum Gasteiger partial charge on any atom is 0.420 e. The van der Waals surface area contributed by atoms with Gasteiger partial charge < -0.3 is 35.1 Å². The van der Waals surface area contributed by atoms with E-state index in [1.807, 2.05) is 12.1 Å². The summed E-state index contributed by atoms with van der Waals surface area (Å²) in [6, 6.07) is 7.57. The Balaban J connectivity index is 1.59. The average molecular weight is 707 g/mol. The zero-order chi connectivity index (χ0) is 37.3. The third-order valence-corrected chi connectivity index (χ3v) is 8.03. The second-order valence-corrected chi connectivity index (χ2v) is 14.9. The fourth-order valence-corrected chi connectivity index (χ4v) is 5.69. The standard InChI is InChI=1S/C37H50N6O8/c1-36(2,3)21-25-11-9-14-28-31(25)41-30(43(28)35(48)51-37(4,5)6)22-42-18-10-13-27(33(42)46)39-32(45)26(12-7-8-15-29(38)44)40-34(47)50-23-24-16-19-49-20-17-24/h8-11,13-15,18,24,26H,7,12,16-17,19-23H2,1-6H3,(H2,38,44)(H,39,45)(H,40,47)/b15-8+/t26-/m0/s1. The Hall–Kier alpha value is -4.98. The van der Waals surface area contributed by atoms with Crippen LogP contribution in [-0.2, 0) is 36.8 Å². The third kappa shape index (κ3) is 11.5. The minimum absolute atomic E-state index is 0.0501. The first kappa shape index (κ1) is 38.8. The normalized spacial score (nSPS) is 14.7. The summed E-state index contributed by atoms with van der Waals surface area (Å²) in [6.45, 7) is 12.9. The zero-order valence-corrected chi connectivity index (χ0v) is 30.3. The van der Waals surface area contributed by atoms with Crippen molar-refractivity contribution in [2.24, 2.45) is 17.1 Å². The summed E-state index contributed by atoms with van der Waals surface area (Å²) in [5.74, 6) is -0.866. The minimum atomic E-state index is -1.10. The molecule has 0 aliphatic carbocycles. The number of carbonyl (C=O) groups excluding carboxylic acids is 4. The summed E-state index contributed by atoms with van der Waals surface area (Å²) in [7, 11) is 0. The molecule has 0 bridgehead atoms. The van der Waals surface area contributed by atoms with Gasteiger partial charge in [0.25, 0.3) is 5.56 Å². The summed E-state index contributed by atoms with van der Waals surface area (Å²) < 4.78 is 19.2. The topological polar surface area (TPSA) is 186 Å². The molecule has 0 saturated carbocycles. The van der Waals surface area contributed by atoms with Gasteiger partial charge in [-0.15, -0.1) is 0 Å². The number of benzene rings is 1. The van der Waals surface area contributed by atoms with Crippen LogP contribution >= 0.6 is 0 Å². The summed E-state index contributed by atoms with van der Waals surface area (Å²) in [5, 5.41) is 5.22. The van der Waals surface area contributed by atoms with E-state index in [-0.39, 0.29) is 48.8 Å². The highest BCUT2D eigenvalue weighted by Crippen LogP contribution is 2.28. The lowest BCUT2D eigenvalue weighted by molar-refractivity contribution is -0.118. The largest absolute Gasteiger partial charge is 0.449 e. The smallest absolute Gasteiger partial charge is 0.420 e. The Morgan fingerprint density at radius 2 is 1.80 bits per heavy atom. The van der Waals surface area contributed by atoms with E-state index in [9.17, 15) is 24.0 Å². The summed E-state index contributed by atoms with van der Waals surface area (Å²) >= 11 is 0. The van der Waals surface area contributed by atoms with Gasteiger partial charge in [0.05, 0.1) is 24.2 Å². The fraction of sp³-hybridized carbons (Fsp3) is 0.514. The molecule has 3 heterocycles. The van der Waals surface area contributed by atoms with Crippen LogP contribution in [0.15, 0.2) is 53.5 Å². The Morgan fingerprint density at radius 3 is 2.47 bits per heavy atom. The lowest BCUT2D eigenvalue weighted by Crippen LogP contribution is -2.45. The molecule has 1 saturated heterocycles. The number of nitrogens with zero attached hydrogens (tertiary/aromatic N) is 3. The number of nitrogens with two attached hydrogens (primary N) is 1. The van der Waals surface area contributed by atoms with Gasteiger partial charge in [-0.1, -0.05) is 39.0 Å². The van der Waals surface area contributed by atoms with Gasteiger partial charge in [0.2, 0.25) is 11.8 Å². The van der Waals surface area contributed by atoms with E-state index >= 15 is 0 Å². The maximum absolute atomic E-state index is 13.8. The van der Waals surface area contributed by atoms with Crippen molar-refractivity contribution in [1.82, 2.24) is 19.4 Å². The number of hydrogen-bond donors (Lipinski definition) is 3. The Morgan fingerprint density at radius 1 is 1.08 bits per heavy atom. The van der Waals surface area contributed by atoms with Crippen molar-refractivity contribution in [3.05, 3.63) is 70.4 Å². The third-order valence-electron chi connectivity index (χ3n) is 8.03. The summed E-state index contributed by atoms with van der Waals surface area (Å²) in [5.41, 5.74) is 5.88. The van der Waals surface area contributed by atoms with Crippen molar-refractivity contribution in [3.63, 3.8) is 0 Å². The molecule has 0 radical (unpaired) electrons. The number of fused-ring (bicyclic) bond motifs is 1. The van der Waals surface area contributed by atoms with Gasteiger partial charge in [-0.05, 0) is 94.0 Å². The Labute approximate surface area is 297 Å². The number of allylic oxidation sites excluding steroid dienone is 1. The minimum Gasteiger partial charge on any atom is -0.449 e. The predicted molar refractivity (Wildman–Crippen MR) is 192 cm³/mol. The molecule has 4 rings (SSSR count). The number of pyridine rings is 1. The number of amides is 3. The molecule has 1 fully saturated rings. The second-order valence-electron chi connectivity index (χ2n) is 14.9. The van der Waals surface area contributed by atoms with E-state index in [0.29, 0.717) is 30.7 Å². The van der Waals surface area contributed by atoms with E-state index in [2.05, 4.69) is 31.4 Å². The molecular formula is C37H50N6O8. The van der Waals surface area contributed by atoms with Crippen LogP contribution < -0.4 is 21.9 Å². The molecule has 3 amide bonds. The highest BCUT2D eigenvalue weighted by molar-refractivity contribution is 5.96. The molecule has 14 nitrogen and oxygen atoms in total. The molecule has 3 aromatic rings. The summed E-state index contributed by atoms with van der Waals surface area (Å²) in [6.07, 6.45) is 5.35. The number of rotatable bonds is 12. The van der Waals surface area contributed by atoms with Crippen LogP contribution in [0.2, 0.25) is 0 Å². The molecule has 14 heteroatoms. The van der Waals surface area contributed by atoms with Crippen LogP contribution in [0.25, 0.3) is 11.0 Å². The van der Waals surface area contributed by atoms with Crippen LogP contribution in [0, 0.1) is 11.3 Å². The van der Waals surface area contributed by atoms with E-state index in [1.165, 1.54) is 33.5 Å². The lowest BCUT2D eigenvalue weighted by Gasteiger charge is -2.23. The van der Waals surface area contributed by atoms with Crippen LogP contribution in [0.1, 0.15) is 78.6 Å². The molecule has 276 valence electrons. The first-order chi connectivity index (χ1) is 24.0. The number of hydrogen-bond acceptors (Lipinski definition) is 9. The number of para-hydroxylation sites is 1. The highest BCUT2D eigenvalue weighted by Gasteiger charge is 2.27. The molecule has 51 heavy (non-hydrogen) atoms. The molecule has 0 spiro atoms. The van der Waals surface area contributed by atoms with Gasteiger partial charge in [-0.3, -0.25) is 14.4 Å². The average Bonchev–Trinajstić information content (AvgIpc) is 3.41. The number of imidazole rings is 1. The van der Waals surface area contributed by atoms with Crippen LogP contribution in [0.5, 0.6) is 0 Å². The van der Waals surface area contributed by atoms with E-state index in [1.54, 1.807) is 32.9 Å². The van der Waals surface area contributed by atoms with Gasteiger partial charge in [0, 0.05) is 19.4 Å². The van der Waals surface area contributed by atoms with E-state index in [0.717, 1.165) is 18.4 Å². The lowest BCUT2D eigenvalue weighted by atomic mass is 9.88. The van der Waals surface area contributed by atoms with Gasteiger partial charge in [-0.25, -0.2) is 19.1 Å². The van der Waals surface area contributed by atoms with Crippen molar-refractivity contribution >= 4 is 40.7 Å². The molecule has 4 N–H and O–H groups in total. The number of ether oxygens (including phenoxy) is 3. The predicted octanol–water partition coefficient (Wildman–Crippen LogP) is 4.90. The highest BCUT2D eigenvalue weighted by atomic mass is 16.6. The summed E-state index contributed by atoms with van der Waals surface area (Å²) in [4.78, 5) is 69.6. The van der Waals surface area contributed by atoms with Crippen molar-refractivity contribution in [2.45, 2.75) is 91.8 Å². The number of aromatic nitrogens is 3. The second kappa shape index (κ2) is 16.8. The maximum atomic E-state index is 13.8. The molecule has 1 aromatic carbocycles. The van der Waals surface area contributed by atoms with E-state index in [4.69, 9.17) is 24.9 Å². The SMILES string of the molecule is CC(C)(C)Cc1cccc2c1nc(Cn1cccc(NC(=O)[C@H](CC/C=C/C(N)=O)NC(=O)OCC3CCOCC3)c1=O)n2C(=O)OC(C)(C)C. The number of anilines is 1. The van der Waals surface area contributed by atoms with Crippen molar-refractivity contribution in [2.75, 3.05) is 25.1 Å². The van der Waals surface area contributed by atoms with Crippen molar-refractivity contribution < 1.29 is 33.4 Å². The molecule has 0 unspecified atom stereocenters. The fourth-order valence-electron chi connectivity index (χ4n) is 5.69. The number of carbonyl (C=O) groups is 4. The van der Waals surface area contributed by atoms with Gasteiger partial charge in [0.15, 0.2) is 0 Å². The molecule has 1 aliphatic rings. The molecule has 2 aromatic heterocycles. The zero-order valence-electron chi connectivity index (χ0n) is 30.3. The molecule has 1 atom stereocenters. The first-order valence-corrected chi connectivity index (χ1v) is 17.2. The number of nitrogens with one attached hydrogen (secondary N) is 2. The number of alkyl carbamates (subject to hydrolysis) is 1. The van der Waals surface area contributed by atoms with Crippen LogP contribution in [0.3, 0.4) is 0 Å². The number of primary amides is 1. The van der Waals surface area contributed by atoms with Crippen LogP contribution in [-0.4, -0.2) is 69.6 Å². The van der Waals surface area contributed by atoms with Crippen molar-refractivity contribution in [1.29, 1.82) is 0 Å². The Kier molecular flexibility index (Phi) is 12.8. The van der Waals surface area contributed by atoms with E-state index < -0.39 is 41.2 Å². The quantitative estimate of drug-likeness (QED) is 0.220. The molecule has 1 aliphatic heterocycles. The van der Waals surface area contributed by atoms with Crippen molar-refractivity contribution in [3.8, 4) is 0 Å². The molecular weight excluding hydrogens is 656 g/mol. The Bertz CT molecular complexity index is 1810.